The predicted molar refractivity (Wildman–Crippen MR) is 85.4 cm³/mol. The van der Waals surface area contributed by atoms with Crippen LogP contribution in [-0.4, -0.2) is 41.6 Å². The summed E-state index contributed by atoms with van der Waals surface area (Å²) in [5, 5.41) is 3.88. The van der Waals surface area contributed by atoms with E-state index in [2.05, 4.69) is 10.1 Å². The molecule has 0 radical (unpaired) electrons. The minimum atomic E-state index is -0.226. The quantitative estimate of drug-likeness (QED) is 0.824. The van der Waals surface area contributed by atoms with Crippen LogP contribution in [0.15, 0.2) is 4.52 Å². The molecule has 23 heavy (non-hydrogen) atoms. The van der Waals surface area contributed by atoms with Crippen LogP contribution in [0.2, 0.25) is 0 Å². The number of carbonyl (C=O) groups excluding carboxylic acids is 1. The van der Waals surface area contributed by atoms with Gasteiger partial charge in [0, 0.05) is 20.6 Å². The average molecular weight is 324 g/mol. The van der Waals surface area contributed by atoms with Crippen LogP contribution in [0.1, 0.15) is 63.3 Å². The SMILES string of the molecule is COC(C)c1noc(CN(C)C(=O)CC2(CN)CCCCC2)n1. The second-order valence-corrected chi connectivity index (χ2v) is 6.62. The van der Waals surface area contributed by atoms with E-state index in [0.717, 1.165) is 25.7 Å². The van der Waals surface area contributed by atoms with Crippen molar-refractivity contribution in [1.82, 2.24) is 15.0 Å². The fraction of sp³-hybridized carbons (Fsp3) is 0.812. The van der Waals surface area contributed by atoms with Gasteiger partial charge in [-0.15, -0.1) is 0 Å². The van der Waals surface area contributed by atoms with Crippen molar-refractivity contribution in [3.8, 4) is 0 Å². The molecule has 2 N–H and O–H groups in total. The van der Waals surface area contributed by atoms with E-state index in [4.69, 9.17) is 15.0 Å². The second-order valence-electron chi connectivity index (χ2n) is 6.62. The fourth-order valence-electron chi connectivity index (χ4n) is 3.10. The highest BCUT2D eigenvalue weighted by Crippen LogP contribution is 2.38. The van der Waals surface area contributed by atoms with Gasteiger partial charge in [0.1, 0.15) is 6.10 Å². The molecule has 0 saturated heterocycles. The highest BCUT2D eigenvalue weighted by atomic mass is 16.5. The summed E-state index contributed by atoms with van der Waals surface area (Å²) in [5.74, 6) is 0.996. The van der Waals surface area contributed by atoms with E-state index in [1.54, 1.807) is 19.1 Å². The molecule has 1 unspecified atom stereocenters. The molecule has 0 aliphatic heterocycles. The van der Waals surface area contributed by atoms with Crippen molar-refractivity contribution >= 4 is 5.91 Å². The van der Waals surface area contributed by atoms with E-state index in [0.29, 0.717) is 31.2 Å². The summed E-state index contributed by atoms with van der Waals surface area (Å²) < 4.78 is 10.3. The van der Waals surface area contributed by atoms with Crippen molar-refractivity contribution in [3.05, 3.63) is 11.7 Å². The van der Waals surface area contributed by atoms with Crippen molar-refractivity contribution in [1.29, 1.82) is 0 Å². The maximum absolute atomic E-state index is 12.5. The summed E-state index contributed by atoms with van der Waals surface area (Å²) in [5.41, 5.74) is 5.93. The monoisotopic (exact) mass is 324 g/mol. The van der Waals surface area contributed by atoms with Gasteiger partial charge in [-0.1, -0.05) is 24.4 Å². The first-order valence-electron chi connectivity index (χ1n) is 8.29. The molecule has 1 aliphatic carbocycles. The molecule has 1 aromatic rings. The Bertz CT molecular complexity index is 511. The minimum Gasteiger partial charge on any atom is -0.374 e. The first-order chi connectivity index (χ1) is 11.0. The lowest BCUT2D eigenvalue weighted by Crippen LogP contribution is -2.39. The van der Waals surface area contributed by atoms with Crippen LogP contribution in [0.25, 0.3) is 0 Å². The Kier molecular flexibility index (Phi) is 6.12. The Morgan fingerprint density at radius 2 is 2.13 bits per heavy atom. The van der Waals surface area contributed by atoms with Gasteiger partial charge in [-0.2, -0.15) is 4.98 Å². The Morgan fingerprint density at radius 1 is 1.43 bits per heavy atom. The van der Waals surface area contributed by atoms with Crippen molar-refractivity contribution in [2.24, 2.45) is 11.1 Å². The Balaban J connectivity index is 1.93. The molecule has 1 amide bonds. The molecule has 0 aromatic carbocycles. The zero-order chi connectivity index (χ0) is 16.9. The van der Waals surface area contributed by atoms with Crippen molar-refractivity contribution in [3.63, 3.8) is 0 Å². The van der Waals surface area contributed by atoms with Crippen molar-refractivity contribution < 1.29 is 14.1 Å². The molecule has 1 aromatic heterocycles. The number of ether oxygens (including phenoxy) is 1. The first kappa shape index (κ1) is 17.9. The number of methoxy groups -OCH3 is 1. The number of amides is 1. The van der Waals surface area contributed by atoms with Crippen LogP contribution in [0.3, 0.4) is 0 Å². The Labute approximate surface area is 137 Å². The van der Waals surface area contributed by atoms with E-state index in [9.17, 15) is 4.79 Å². The Morgan fingerprint density at radius 3 is 2.74 bits per heavy atom. The van der Waals surface area contributed by atoms with E-state index >= 15 is 0 Å². The predicted octanol–water partition coefficient (Wildman–Crippen LogP) is 2.03. The normalized spacial score (nSPS) is 18.6. The van der Waals surface area contributed by atoms with Crippen LogP contribution < -0.4 is 5.73 Å². The number of rotatable bonds is 7. The summed E-state index contributed by atoms with van der Waals surface area (Å²) in [4.78, 5) is 18.4. The second kappa shape index (κ2) is 7.88. The van der Waals surface area contributed by atoms with Gasteiger partial charge in [0.15, 0.2) is 5.82 Å². The first-order valence-corrected chi connectivity index (χ1v) is 8.29. The number of hydrogen-bond acceptors (Lipinski definition) is 6. The molecule has 0 bridgehead atoms. The van der Waals surface area contributed by atoms with E-state index in [-0.39, 0.29) is 17.4 Å². The minimum absolute atomic E-state index is 0.0336. The molecule has 0 spiro atoms. The van der Waals surface area contributed by atoms with E-state index in [1.807, 2.05) is 6.92 Å². The summed E-state index contributed by atoms with van der Waals surface area (Å²) in [6, 6.07) is 0. The van der Waals surface area contributed by atoms with Crippen LogP contribution in [0, 0.1) is 5.41 Å². The van der Waals surface area contributed by atoms with E-state index in [1.165, 1.54) is 6.42 Å². The van der Waals surface area contributed by atoms with Crippen LogP contribution in [-0.2, 0) is 16.1 Å². The number of aromatic nitrogens is 2. The smallest absolute Gasteiger partial charge is 0.246 e. The third-order valence-electron chi connectivity index (χ3n) is 4.87. The van der Waals surface area contributed by atoms with Gasteiger partial charge in [-0.05, 0) is 31.7 Å². The number of hydrogen-bond donors (Lipinski definition) is 1. The molecule has 1 saturated carbocycles. The molecule has 2 rings (SSSR count). The molecule has 1 atom stereocenters. The van der Waals surface area contributed by atoms with Gasteiger partial charge in [0.2, 0.25) is 11.8 Å². The van der Waals surface area contributed by atoms with Crippen LogP contribution in [0.5, 0.6) is 0 Å². The van der Waals surface area contributed by atoms with E-state index < -0.39 is 0 Å². The molecular weight excluding hydrogens is 296 g/mol. The summed E-state index contributed by atoms with van der Waals surface area (Å²) in [7, 11) is 3.35. The molecule has 130 valence electrons. The summed E-state index contributed by atoms with van der Waals surface area (Å²) >= 11 is 0. The van der Waals surface area contributed by atoms with Gasteiger partial charge in [-0.3, -0.25) is 4.79 Å². The zero-order valence-electron chi connectivity index (χ0n) is 14.4. The molecule has 7 nitrogen and oxygen atoms in total. The zero-order valence-corrected chi connectivity index (χ0v) is 14.4. The summed E-state index contributed by atoms with van der Waals surface area (Å²) in [6.07, 6.45) is 5.92. The van der Waals surface area contributed by atoms with Crippen molar-refractivity contribution in [2.75, 3.05) is 20.7 Å². The maximum atomic E-state index is 12.5. The third-order valence-corrected chi connectivity index (χ3v) is 4.87. The topological polar surface area (TPSA) is 94.5 Å². The molecule has 1 aliphatic rings. The lowest BCUT2D eigenvalue weighted by molar-refractivity contribution is -0.133. The highest BCUT2D eigenvalue weighted by molar-refractivity contribution is 5.76. The fourth-order valence-corrected chi connectivity index (χ4v) is 3.10. The van der Waals surface area contributed by atoms with Crippen LogP contribution in [0.4, 0.5) is 0 Å². The average Bonchev–Trinajstić information content (AvgIpc) is 3.03. The van der Waals surface area contributed by atoms with Gasteiger partial charge in [0.25, 0.3) is 0 Å². The molecule has 1 heterocycles. The largest absolute Gasteiger partial charge is 0.374 e. The highest BCUT2D eigenvalue weighted by Gasteiger charge is 2.34. The lowest BCUT2D eigenvalue weighted by Gasteiger charge is -2.36. The molecular formula is C16H28N4O3. The van der Waals surface area contributed by atoms with Gasteiger partial charge in [0.05, 0.1) is 6.54 Å². The summed E-state index contributed by atoms with van der Waals surface area (Å²) in [6.45, 7) is 2.73. The number of nitrogens with two attached hydrogens (primary N) is 1. The number of carbonyl (C=O) groups is 1. The van der Waals surface area contributed by atoms with Crippen molar-refractivity contribution in [2.45, 2.75) is 58.1 Å². The molecule has 7 heteroatoms. The standard InChI is InChI=1S/C16H28N4O3/c1-12(22-3)15-18-13(23-19-15)10-20(2)14(21)9-16(11-17)7-5-4-6-8-16/h12H,4-11,17H2,1-3H3. The lowest BCUT2D eigenvalue weighted by atomic mass is 9.71. The molecule has 1 fully saturated rings. The van der Waals surface area contributed by atoms with Crippen LogP contribution >= 0.6 is 0 Å². The maximum Gasteiger partial charge on any atom is 0.246 e. The van der Waals surface area contributed by atoms with Gasteiger partial charge in [-0.25, -0.2) is 0 Å². The number of nitrogens with zero attached hydrogens (tertiary/aromatic N) is 3. The van der Waals surface area contributed by atoms with Gasteiger partial charge >= 0.3 is 0 Å². The third kappa shape index (κ3) is 4.51. The van der Waals surface area contributed by atoms with Gasteiger partial charge < -0.3 is 19.9 Å². The Hall–Kier alpha value is -1.47.